The lowest BCUT2D eigenvalue weighted by Crippen LogP contribution is -2.16. The van der Waals surface area contributed by atoms with Crippen LogP contribution in [0.3, 0.4) is 0 Å². The van der Waals surface area contributed by atoms with Crippen molar-refractivity contribution in [2.75, 3.05) is 12.4 Å². The van der Waals surface area contributed by atoms with Gasteiger partial charge in [-0.3, -0.25) is 0 Å². The van der Waals surface area contributed by atoms with Crippen molar-refractivity contribution in [3.05, 3.63) is 29.8 Å². The van der Waals surface area contributed by atoms with E-state index in [0.29, 0.717) is 18.9 Å². The van der Waals surface area contributed by atoms with Gasteiger partial charge in [-0.05, 0) is 30.9 Å². The lowest BCUT2D eigenvalue weighted by atomic mass is 10.1. The van der Waals surface area contributed by atoms with E-state index < -0.39 is 16.1 Å². The van der Waals surface area contributed by atoms with Crippen LogP contribution in [0.4, 0.5) is 0 Å². The summed E-state index contributed by atoms with van der Waals surface area (Å²) in [6, 6.07) is 6.28. The Labute approximate surface area is 151 Å². The van der Waals surface area contributed by atoms with E-state index in [1.807, 2.05) is 6.92 Å². The first kappa shape index (κ1) is 21.5. The van der Waals surface area contributed by atoms with Crippen LogP contribution in [0.5, 0.6) is 5.75 Å². The Bertz CT molecular complexity index is 622. The van der Waals surface area contributed by atoms with E-state index in [2.05, 4.69) is 13.8 Å². The van der Waals surface area contributed by atoms with Gasteiger partial charge in [0.2, 0.25) is 0 Å². The fourth-order valence-corrected chi connectivity index (χ4v) is 3.43. The molecule has 1 aromatic rings. The Morgan fingerprint density at radius 1 is 1.08 bits per heavy atom. The second-order valence-corrected chi connectivity index (χ2v) is 8.26. The van der Waals surface area contributed by atoms with Crippen molar-refractivity contribution in [2.24, 2.45) is 5.92 Å². The molecule has 0 radical (unpaired) electrons. The summed E-state index contributed by atoms with van der Waals surface area (Å²) >= 11 is 0. The Morgan fingerprint density at radius 3 is 2.48 bits per heavy atom. The summed E-state index contributed by atoms with van der Waals surface area (Å²) in [6.07, 6.45) is 5.37. The molecule has 0 aliphatic rings. The van der Waals surface area contributed by atoms with Crippen molar-refractivity contribution >= 4 is 16.1 Å². The standard InChI is InChI=1S/C19H30O5S/c1-4-5-15-25(21,22)24-18-13-9-8-12-17(18)19(20)23-14-10-6-7-11-16(2)3/h8-9,12-13,16H,4-7,10-11,14-15H2,1-3H3. The fourth-order valence-electron chi connectivity index (χ4n) is 2.28. The summed E-state index contributed by atoms with van der Waals surface area (Å²) in [5.74, 6) is 0.0951. The third-order valence-corrected chi connectivity index (χ3v) is 4.95. The molecule has 0 saturated carbocycles. The first-order valence-corrected chi connectivity index (χ1v) is 10.6. The predicted molar refractivity (Wildman–Crippen MR) is 99.4 cm³/mol. The SMILES string of the molecule is CCCCS(=O)(=O)Oc1ccccc1C(=O)OCCCCCC(C)C. The zero-order chi connectivity index (χ0) is 18.7. The highest BCUT2D eigenvalue weighted by atomic mass is 32.2. The minimum Gasteiger partial charge on any atom is -0.462 e. The first-order valence-electron chi connectivity index (χ1n) is 9.04. The van der Waals surface area contributed by atoms with Gasteiger partial charge in [0.05, 0.1) is 12.4 Å². The van der Waals surface area contributed by atoms with Crippen LogP contribution in [0, 0.1) is 5.92 Å². The molecule has 1 rings (SSSR count). The Balaban J connectivity index is 2.56. The maximum Gasteiger partial charge on any atom is 0.341 e. The molecule has 1 aromatic carbocycles. The molecular formula is C19H30O5S. The van der Waals surface area contributed by atoms with Crippen molar-refractivity contribution in [1.82, 2.24) is 0 Å². The topological polar surface area (TPSA) is 69.7 Å². The summed E-state index contributed by atoms with van der Waals surface area (Å²) in [7, 11) is -3.70. The Hall–Kier alpha value is -1.56. The summed E-state index contributed by atoms with van der Waals surface area (Å²) in [5.41, 5.74) is 0.143. The monoisotopic (exact) mass is 370 g/mol. The highest BCUT2D eigenvalue weighted by Gasteiger charge is 2.19. The van der Waals surface area contributed by atoms with Crippen LogP contribution >= 0.6 is 0 Å². The van der Waals surface area contributed by atoms with Crippen molar-refractivity contribution in [1.29, 1.82) is 0 Å². The van der Waals surface area contributed by atoms with Crippen LogP contribution in [0.25, 0.3) is 0 Å². The van der Waals surface area contributed by atoms with Gasteiger partial charge in [-0.25, -0.2) is 4.79 Å². The molecule has 0 spiro atoms. The number of benzene rings is 1. The first-order chi connectivity index (χ1) is 11.9. The van der Waals surface area contributed by atoms with E-state index in [4.69, 9.17) is 8.92 Å². The lowest BCUT2D eigenvalue weighted by Gasteiger charge is -2.11. The van der Waals surface area contributed by atoms with Crippen LogP contribution in [0.15, 0.2) is 24.3 Å². The number of ether oxygens (including phenoxy) is 1. The van der Waals surface area contributed by atoms with E-state index >= 15 is 0 Å². The summed E-state index contributed by atoms with van der Waals surface area (Å²) < 4.78 is 34.2. The van der Waals surface area contributed by atoms with Crippen LogP contribution in [0.1, 0.15) is 69.7 Å². The van der Waals surface area contributed by atoms with Crippen LogP contribution in [-0.2, 0) is 14.9 Å². The highest BCUT2D eigenvalue weighted by molar-refractivity contribution is 7.87. The summed E-state index contributed by atoms with van der Waals surface area (Å²) in [6.45, 7) is 6.60. The molecule has 0 amide bonds. The molecule has 0 aliphatic heterocycles. The average Bonchev–Trinajstić information content (AvgIpc) is 2.56. The fraction of sp³-hybridized carbons (Fsp3) is 0.632. The molecule has 0 aliphatic carbocycles. The number of hydrogen-bond acceptors (Lipinski definition) is 5. The maximum absolute atomic E-state index is 12.2. The Morgan fingerprint density at radius 2 is 1.80 bits per heavy atom. The molecule has 0 atom stereocenters. The molecule has 0 N–H and O–H groups in total. The van der Waals surface area contributed by atoms with E-state index in [0.717, 1.165) is 25.7 Å². The zero-order valence-corrected chi connectivity index (χ0v) is 16.3. The van der Waals surface area contributed by atoms with Crippen LogP contribution in [0.2, 0.25) is 0 Å². The number of unbranched alkanes of at least 4 members (excludes halogenated alkanes) is 3. The zero-order valence-electron chi connectivity index (χ0n) is 15.5. The number of hydrogen-bond donors (Lipinski definition) is 0. The minimum absolute atomic E-state index is 0.0309. The largest absolute Gasteiger partial charge is 0.462 e. The van der Waals surface area contributed by atoms with Gasteiger partial charge < -0.3 is 8.92 Å². The van der Waals surface area contributed by atoms with Gasteiger partial charge in [-0.2, -0.15) is 8.42 Å². The predicted octanol–water partition coefficient (Wildman–Crippen LogP) is 4.57. The number of rotatable bonds is 12. The number of para-hydroxylation sites is 1. The maximum atomic E-state index is 12.2. The van der Waals surface area contributed by atoms with Gasteiger partial charge in [0.1, 0.15) is 5.56 Å². The van der Waals surface area contributed by atoms with Crippen molar-refractivity contribution < 1.29 is 22.1 Å². The molecule has 0 heterocycles. The van der Waals surface area contributed by atoms with Gasteiger partial charge in [-0.1, -0.05) is 58.6 Å². The second-order valence-electron chi connectivity index (χ2n) is 6.57. The number of carbonyl (C=O) groups is 1. The highest BCUT2D eigenvalue weighted by Crippen LogP contribution is 2.21. The molecule has 5 nitrogen and oxygen atoms in total. The quantitative estimate of drug-likeness (QED) is 0.306. The molecule has 0 bridgehead atoms. The molecule has 0 saturated heterocycles. The van der Waals surface area contributed by atoms with E-state index in [1.54, 1.807) is 12.1 Å². The molecule has 0 fully saturated rings. The third kappa shape index (κ3) is 8.91. The normalized spacial score (nSPS) is 11.5. The van der Waals surface area contributed by atoms with Crippen LogP contribution in [-0.4, -0.2) is 26.7 Å². The molecule has 0 unspecified atom stereocenters. The molecule has 25 heavy (non-hydrogen) atoms. The van der Waals surface area contributed by atoms with E-state index in [1.165, 1.54) is 18.6 Å². The molecule has 6 heteroatoms. The summed E-state index contributed by atoms with van der Waals surface area (Å²) in [5, 5.41) is 0. The molecule has 0 aromatic heterocycles. The smallest absolute Gasteiger partial charge is 0.341 e. The summed E-state index contributed by atoms with van der Waals surface area (Å²) in [4.78, 5) is 12.2. The second kappa shape index (κ2) is 11.1. The third-order valence-electron chi connectivity index (χ3n) is 3.73. The van der Waals surface area contributed by atoms with Gasteiger partial charge in [0.25, 0.3) is 0 Å². The van der Waals surface area contributed by atoms with Crippen molar-refractivity contribution in [3.63, 3.8) is 0 Å². The Kier molecular flexibility index (Phi) is 9.57. The molecule has 142 valence electrons. The van der Waals surface area contributed by atoms with Gasteiger partial charge in [-0.15, -0.1) is 0 Å². The van der Waals surface area contributed by atoms with Gasteiger partial charge in [0.15, 0.2) is 5.75 Å². The number of esters is 1. The van der Waals surface area contributed by atoms with Crippen molar-refractivity contribution in [3.8, 4) is 5.75 Å². The average molecular weight is 371 g/mol. The van der Waals surface area contributed by atoms with E-state index in [-0.39, 0.29) is 17.1 Å². The minimum atomic E-state index is -3.70. The lowest BCUT2D eigenvalue weighted by molar-refractivity contribution is 0.0495. The van der Waals surface area contributed by atoms with Gasteiger partial charge in [0, 0.05) is 0 Å². The van der Waals surface area contributed by atoms with Crippen molar-refractivity contribution in [2.45, 2.75) is 59.3 Å². The van der Waals surface area contributed by atoms with Crippen LogP contribution < -0.4 is 4.18 Å². The number of carbonyl (C=O) groups excluding carboxylic acids is 1. The molecular weight excluding hydrogens is 340 g/mol. The van der Waals surface area contributed by atoms with Gasteiger partial charge >= 0.3 is 16.1 Å². The van der Waals surface area contributed by atoms with E-state index in [9.17, 15) is 13.2 Å².